The first-order valence-corrected chi connectivity index (χ1v) is 7.31. The Labute approximate surface area is 129 Å². The van der Waals surface area contributed by atoms with Crippen molar-refractivity contribution in [1.29, 1.82) is 0 Å². The van der Waals surface area contributed by atoms with Crippen LogP contribution in [0, 0.1) is 11.6 Å². The van der Waals surface area contributed by atoms with Gasteiger partial charge in [0.2, 0.25) is 0 Å². The average molecular weight is 306 g/mol. The molecule has 2 unspecified atom stereocenters. The van der Waals surface area contributed by atoms with Crippen LogP contribution in [0.5, 0.6) is 0 Å². The fourth-order valence-corrected chi connectivity index (χ4v) is 2.23. The van der Waals surface area contributed by atoms with E-state index < -0.39 is 17.7 Å². The van der Waals surface area contributed by atoms with E-state index in [0.717, 1.165) is 30.5 Å². The summed E-state index contributed by atoms with van der Waals surface area (Å²) < 4.78 is 26.4. The number of aliphatic hydroxyl groups is 1. The summed E-state index contributed by atoms with van der Waals surface area (Å²) in [6.07, 6.45) is 4.32. The second-order valence-corrected chi connectivity index (χ2v) is 5.39. The number of nitrogens with zero attached hydrogens (tertiary/aromatic N) is 1. The predicted molar refractivity (Wildman–Crippen MR) is 81.3 cm³/mol. The summed E-state index contributed by atoms with van der Waals surface area (Å²) in [4.78, 5) is 4.06. The van der Waals surface area contributed by atoms with Crippen LogP contribution in [-0.4, -0.2) is 22.7 Å². The molecule has 0 aliphatic carbocycles. The van der Waals surface area contributed by atoms with Crippen molar-refractivity contribution in [2.75, 3.05) is 6.54 Å². The molecule has 0 aliphatic rings. The van der Waals surface area contributed by atoms with Crippen LogP contribution in [0.4, 0.5) is 8.78 Å². The molecular weight excluding hydrogens is 286 g/mol. The van der Waals surface area contributed by atoms with Crippen molar-refractivity contribution < 1.29 is 13.9 Å². The van der Waals surface area contributed by atoms with Crippen molar-refractivity contribution in [2.24, 2.45) is 0 Å². The van der Waals surface area contributed by atoms with Crippen LogP contribution < -0.4 is 5.32 Å². The zero-order valence-electron chi connectivity index (χ0n) is 12.5. The molecule has 0 saturated carbocycles. The number of aryl methyl sites for hydroxylation is 1. The van der Waals surface area contributed by atoms with Gasteiger partial charge in [-0.1, -0.05) is 12.1 Å². The van der Waals surface area contributed by atoms with E-state index >= 15 is 0 Å². The second-order valence-electron chi connectivity index (χ2n) is 5.39. The lowest BCUT2D eigenvalue weighted by atomic mass is 10.1. The van der Waals surface area contributed by atoms with Crippen LogP contribution in [0.1, 0.15) is 30.6 Å². The normalized spacial score (nSPS) is 13.8. The molecule has 3 nitrogen and oxygen atoms in total. The largest absolute Gasteiger partial charge is 0.387 e. The Morgan fingerprint density at radius 1 is 1.27 bits per heavy atom. The van der Waals surface area contributed by atoms with Gasteiger partial charge in [0.25, 0.3) is 0 Å². The Bertz CT molecular complexity index is 592. The third-order valence-corrected chi connectivity index (χ3v) is 3.57. The average Bonchev–Trinajstić information content (AvgIpc) is 2.51. The number of hydrogen-bond acceptors (Lipinski definition) is 3. The topological polar surface area (TPSA) is 45.2 Å². The zero-order chi connectivity index (χ0) is 15.9. The standard InChI is InChI=1S/C17H20F2N2O/c1-12(4-5-13-3-2-8-20-10-13)21-11-17(22)15-7-6-14(18)9-16(15)19/h2-3,6-10,12,17,21-22H,4-5,11H2,1H3. The molecule has 0 radical (unpaired) electrons. The molecule has 5 heteroatoms. The lowest BCUT2D eigenvalue weighted by Gasteiger charge is -2.18. The molecule has 0 aliphatic heterocycles. The highest BCUT2D eigenvalue weighted by atomic mass is 19.1. The number of aromatic nitrogens is 1. The molecule has 1 aromatic heterocycles. The van der Waals surface area contributed by atoms with E-state index in [0.29, 0.717) is 0 Å². The van der Waals surface area contributed by atoms with Crippen LogP contribution >= 0.6 is 0 Å². The number of benzene rings is 1. The minimum absolute atomic E-state index is 0.105. The molecule has 0 spiro atoms. The molecule has 2 N–H and O–H groups in total. The zero-order valence-corrected chi connectivity index (χ0v) is 12.5. The quantitative estimate of drug-likeness (QED) is 0.826. The maximum absolute atomic E-state index is 13.6. The second kappa shape index (κ2) is 7.96. The molecule has 22 heavy (non-hydrogen) atoms. The van der Waals surface area contributed by atoms with Crippen molar-refractivity contribution in [2.45, 2.75) is 31.9 Å². The summed E-state index contributed by atoms with van der Waals surface area (Å²) in [5.41, 5.74) is 1.26. The van der Waals surface area contributed by atoms with Gasteiger partial charge in [0.1, 0.15) is 11.6 Å². The first-order valence-electron chi connectivity index (χ1n) is 7.31. The molecule has 1 aromatic carbocycles. The number of halogens is 2. The van der Waals surface area contributed by atoms with Gasteiger partial charge in [0, 0.05) is 36.6 Å². The number of pyridine rings is 1. The van der Waals surface area contributed by atoms with Gasteiger partial charge in [0.15, 0.2) is 0 Å². The summed E-state index contributed by atoms with van der Waals surface area (Å²) in [5.74, 6) is -1.37. The minimum Gasteiger partial charge on any atom is -0.387 e. The van der Waals surface area contributed by atoms with E-state index in [-0.39, 0.29) is 18.2 Å². The molecule has 0 saturated heterocycles. The lowest BCUT2D eigenvalue weighted by molar-refractivity contribution is 0.165. The third kappa shape index (κ3) is 4.86. The Hall–Kier alpha value is -1.85. The minimum atomic E-state index is -0.999. The smallest absolute Gasteiger partial charge is 0.131 e. The van der Waals surface area contributed by atoms with E-state index in [9.17, 15) is 13.9 Å². The molecule has 118 valence electrons. The van der Waals surface area contributed by atoms with E-state index in [1.165, 1.54) is 6.07 Å². The van der Waals surface area contributed by atoms with Crippen molar-refractivity contribution >= 4 is 0 Å². The highest BCUT2D eigenvalue weighted by molar-refractivity contribution is 5.21. The summed E-state index contributed by atoms with van der Waals surface area (Å²) >= 11 is 0. The van der Waals surface area contributed by atoms with Crippen molar-refractivity contribution in [1.82, 2.24) is 10.3 Å². The van der Waals surface area contributed by atoms with E-state index in [2.05, 4.69) is 10.3 Å². The Morgan fingerprint density at radius 2 is 2.09 bits per heavy atom. The summed E-state index contributed by atoms with van der Waals surface area (Å²) in [6.45, 7) is 2.22. The van der Waals surface area contributed by atoms with Crippen molar-refractivity contribution in [3.63, 3.8) is 0 Å². The maximum atomic E-state index is 13.6. The van der Waals surface area contributed by atoms with Gasteiger partial charge >= 0.3 is 0 Å². The highest BCUT2D eigenvalue weighted by Gasteiger charge is 2.14. The fraction of sp³-hybridized carbons (Fsp3) is 0.353. The molecule has 0 bridgehead atoms. The third-order valence-electron chi connectivity index (χ3n) is 3.57. The van der Waals surface area contributed by atoms with Crippen molar-refractivity contribution in [3.8, 4) is 0 Å². The summed E-state index contributed by atoms with van der Waals surface area (Å²) in [5, 5.41) is 13.2. The van der Waals surface area contributed by atoms with Crippen LogP contribution in [0.3, 0.4) is 0 Å². The monoisotopic (exact) mass is 306 g/mol. The first kappa shape index (κ1) is 16.5. The lowest BCUT2D eigenvalue weighted by Crippen LogP contribution is -2.31. The van der Waals surface area contributed by atoms with Gasteiger partial charge in [-0.25, -0.2) is 8.78 Å². The molecule has 1 heterocycles. The molecule has 2 atom stereocenters. The number of nitrogens with one attached hydrogen (secondary N) is 1. The fourth-order valence-electron chi connectivity index (χ4n) is 2.23. The van der Waals surface area contributed by atoms with Crippen LogP contribution in [-0.2, 0) is 6.42 Å². The molecule has 2 aromatic rings. The van der Waals surface area contributed by atoms with Crippen LogP contribution in [0.25, 0.3) is 0 Å². The Kier molecular flexibility index (Phi) is 5.98. The van der Waals surface area contributed by atoms with Crippen LogP contribution in [0.2, 0.25) is 0 Å². The molecule has 0 fully saturated rings. The Morgan fingerprint density at radius 3 is 2.77 bits per heavy atom. The maximum Gasteiger partial charge on any atom is 0.131 e. The highest BCUT2D eigenvalue weighted by Crippen LogP contribution is 2.17. The first-order chi connectivity index (χ1) is 10.6. The SMILES string of the molecule is CC(CCc1cccnc1)NCC(O)c1ccc(F)cc1F. The molecular formula is C17H20F2N2O. The van der Waals surface area contributed by atoms with Gasteiger partial charge in [-0.3, -0.25) is 4.98 Å². The number of hydrogen-bond donors (Lipinski definition) is 2. The van der Waals surface area contributed by atoms with E-state index in [1.54, 1.807) is 6.20 Å². The molecule has 0 amide bonds. The van der Waals surface area contributed by atoms with Gasteiger partial charge in [-0.15, -0.1) is 0 Å². The van der Waals surface area contributed by atoms with Gasteiger partial charge in [0.05, 0.1) is 6.10 Å². The summed E-state index contributed by atoms with van der Waals surface area (Å²) in [7, 11) is 0. The summed E-state index contributed by atoms with van der Waals surface area (Å²) in [6, 6.07) is 7.28. The molecule has 2 rings (SSSR count). The Balaban J connectivity index is 1.79. The van der Waals surface area contributed by atoms with Gasteiger partial charge in [-0.05, 0) is 37.5 Å². The van der Waals surface area contributed by atoms with Gasteiger partial charge < -0.3 is 10.4 Å². The number of aliphatic hydroxyl groups excluding tert-OH is 1. The van der Waals surface area contributed by atoms with E-state index in [1.807, 2.05) is 25.3 Å². The van der Waals surface area contributed by atoms with Gasteiger partial charge in [-0.2, -0.15) is 0 Å². The van der Waals surface area contributed by atoms with E-state index in [4.69, 9.17) is 0 Å². The predicted octanol–water partition coefficient (Wildman–Crippen LogP) is 3.00. The number of rotatable bonds is 7. The van der Waals surface area contributed by atoms with Crippen LogP contribution in [0.15, 0.2) is 42.7 Å². The van der Waals surface area contributed by atoms with Crippen molar-refractivity contribution in [3.05, 3.63) is 65.5 Å².